The summed E-state index contributed by atoms with van der Waals surface area (Å²) in [6, 6.07) is 14.7. The van der Waals surface area contributed by atoms with Crippen molar-refractivity contribution >= 4 is 11.8 Å². The quantitative estimate of drug-likeness (QED) is 0.636. The minimum absolute atomic E-state index is 0.121. The first kappa shape index (κ1) is 23.6. The van der Waals surface area contributed by atoms with Gasteiger partial charge in [-0.15, -0.1) is 0 Å². The average Bonchev–Trinajstić information content (AvgIpc) is 2.82. The number of ether oxygens (including phenoxy) is 2. The smallest absolute Gasteiger partial charge is 0.261 e. The van der Waals surface area contributed by atoms with Gasteiger partial charge in [-0.1, -0.05) is 49.6 Å². The van der Waals surface area contributed by atoms with E-state index < -0.39 is 6.04 Å². The maximum absolute atomic E-state index is 13.2. The lowest BCUT2D eigenvalue weighted by atomic mass is 9.95. The van der Waals surface area contributed by atoms with Crippen molar-refractivity contribution in [3.8, 4) is 11.5 Å². The molecule has 1 N–H and O–H groups in total. The van der Waals surface area contributed by atoms with Crippen LogP contribution in [0, 0.1) is 6.92 Å². The molecule has 0 unspecified atom stereocenters. The van der Waals surface area contributed by atoms with Gasteiger partial charge in [0.15, 0.2) is 6.61 Å². The summed E-state index contributed by atoms with van der Waals surface area (Å²) in [5, 5.41) is 3.15. The van der Waals surface area contributed by atoms with Crippen LogP contribution in [0.3, 0.4) is 0 Å². The summed E-state index contributed by atoms with van der Waals surface area (Å²) in [6.45, 7) is 3.89. The Morgan fingerprint density at radius 3 is 2.56 bits per heavy atom. The Kier molecular flexibility index (Phi) is 8.54. The molecule has 0 aliphatic heterocycles. The Balaban J connectivity index is 1.73. The van der Waals surface area contributed by atoms with Crippen molar-refractivity contribution in [3.05, 3.63) is 59.7 Å². The van der Waals surface area contributed by atoms with Crippen LogP contribution in [0.1, 0.15) is 50.2 Å². The summed E-state index contributed by atoms with van der Waals surface area (Å²) in [5.74, 6) is 1.03. The Hall–Kier alpha value is -3.02. The lowest BCUT2D eigenvalue weighted by molar-refractivity contribution is -0.142. The normalized spacial score (nSPS) is 15.0. The Bertz CT molecular complexity index is 908. The lowest BCUT2D eigenvalue weighted by Gasteiger charge is -2.31. The topological polar surface area (TPSA) is 67.9 Å². The molecule has 172 valence electrons. The van der Waals surface area contributed by atoms with E-state index in [-0.39, 0.29) is 24.5 Å². The number of carbonyl (C=O) groups is 2. The summed E-state index contributed by atoms with van der Waals surface area (Å²) < 4.78 is 11.1. The molecule has 0 radical (unpaired) electrons. The molecule has 1 aliphatic carbocycles. The van der Waals surface area contributed by atoms with Crippen molar-refractivity contribution in [2.75, 3.05) is 13.7 Å². The van der Waals surface area contributed by atoms with Gasteiger partial charge in [0.25, 0.3) is 5.91 Å². The van der Waals surface area contributed by atoms with Crippen LogP contribution in [0.15, 0.2) is 48.5 Å². The average molecular weight is 439 g/mol. The van der Waals surface area contributed by atoms with Crippen LogP contribution in [0.2, 0.25) is 0 Å². The molecule has 0 spiro atoms. The van der Waals surface area contributed by atoms with Gasteiger partial charge in [0.1, 0.15) is 17.5 Å². The molecule has 0 bridgehead atoms. The maximum atomic E-state index is 13.2. The van der Waals surface area contributed by atoms with Crippen LogP contribution in [-0.2, 0) is 16.1 Å². The highest BCUT2D eigenvalue weighted by Crippen LogP contribution is 2.20. The molecule has 32 heavy (non-hydrogen) atoms. The van der Waals surface area contributed by atoms with Crippen LogP contribution in [0.25, 0.3) is 0 Å². The number of rotatable bonds is 9. The van der Waals surface area contributed by atoms with Gasteiger partial charge in [0, 0.05) is 12.6 Å². The molecule has 2 aromatic carbocycles. The van der Waals surface area contributed by atoms with E-state index in [1.807, 2.05) is 55.5 Å². The molecular weight excluding hydrogens is 404 g/mol. The van der Waals surface area contributed by atoms with E-state index in [9.17, 15) is 9.59 Å². The van der Waals surface area contributed by atoms with Crippen molar-refractivity contribution < 1.29 is 19.1 Å². The minimum Gasteiger partial charge on any atom is -0.497 e. The molecule has 1 fully saturated rings. The first-order valence-electron chi connectivity index (χ1n) is 11.4. The first-order valence-corrected chi connectivity index (χ1v) is 11.4. The zero-order valence-corrected chi connectivity index (χ0v) is 19.3. The number of methoxy groups -OCH3 is 1. The summed E-state index contributed by atoms with van der Waals surface area (Å²) in [7, 11) is 1.61. The number of carbonyl (C=O) groups excluding carboxylic acids is 2. The number of para-hydroxylation sites is 1. The molecule has 0 heterocycles. The summed E-state index contributed by atoms with van der Waals surface area (Å²) in [6.07, 6.45) is 5.49. The van der Waals surface area contributed by atoms with Gasteiger partial charge in [-0.2, -0.15) is 0 Å². The molecule has 0 aromatic heterocycles. The van der Waals surface area contributed by atoms with Crippen LogP contribution in [0.5, 0.6) is 11.5 Å². The molecule has 0 saturated heterocycles. The highest BCUT2D eigenvalue weighted by Gasteiger charge is 2.28. The first-order chi connectivity index (χ1) is 15.5. The van der Waals surface area contributed by atoms with Gasteiger partial charge < -0.3 is 19.7 Å². The molecule has 6 heteroatoms. The van der Waals surface area contributed by atoms with Gasteiger partial charge >= 0.3 is 0 Å². The second kappa shape index (κ2) is 11.6. The van der Waals surface area contributed by atoms with E-state index in [4.69, 9.17) is 9.47 Å². The number of aryl methyl sites for hydroxylation is 1. The third-order valence-electron chi connectivity index (χ3n) is 6.05. The maximum Gasteiger partial charge on any atom is 0.261 e. The number of amides is 2. The van der Waals surface area contributed by atoms with Crippen molar-refractivity contribution in [2.45, 2.75) is 64.6 Å². The second-order valence-corrected chi connectivity index (χ2v) is 8.45. The van der Waals surface area contributed by atoms with E-state index in [1.54, 1.807) is 18.9 Å². The van der Waals surface area contributed by atoms with Crippen molar-refractivity contribution in [3.63, 3.8) is 0 Å². The van der Waals surface area contributed by atoms with E-state index in [2.05, 4.69) is 5.32 Å². The fourth-order valence-electron chi connectivity index (χ4n) is 4.06. The Labute approximate surface area is 190 Å². The zero-order valence-electron chi connectivity index (χ0n) is 19.3. The Morgan fingerprint density at radius 2 is 1.84 bits per heavy atom. The van der Waals surface area contributed by atoms with Crippen LogP contribution in [-0.4, -0.2) is 42.5 Å². The number of hydrogen-bond acceptors (Lipinski definition) is 4. The highest BCUT2D eigenvalue weighted by atomic mass is 16.5. The standard InChI is InChI=1S/C26H34N2O4/c1-19-10-7-8-15-24(19)32-18-25(29)28(17-21-11-9-14-23(16-21)31-3)20(2)26(30)27-22-12-5-4-6-13-22/h7-11,14-16,20,22H,4-6,12-13,17-18H2,1-3H3,(H,27,30)/t20-/m1/s1. The number of benzene rings is 2. The molecule has 1 saturated carbocycles. The van der Waals surface area contributed by atoms with Gasteiger partial charge in [0.2, 0.25) is 5.91 Å². The third kappa shape index (κ3) is 6.49. The minimum atomic E-state index is -0.615. The largest absolute Gasteiger partial charge is 0.497 e. The molecule has 1 aliphatic rings. The zero-order chi connectivity index (χ0) is 22.9. The van der Waals surface area contributed by atoms with Crippen LogP contribution < -0.4 is 14.8 Å². The lowest BCUT2D eigenvalue weighted by Crippen LogP contribution is -2.51. The third-order valence-corrected chi connectivity index (χ3v) is 6.05. The van der Waals surface area contributed by atoms with Gasteiger partial charge in [-0.25, -0.2) is 0 Å². The van der Waals surface area contributed by atoms with Gasteiger partial charge in [-0.05, 0) is 56.0 Å². The Morgan fingerprint density at radius 1 is 1.09 bits per heavy atom. The number of nitrogens with zero attached hydrogens (tertiary/aromatic N) is 1. The van der Waals surface area contributed by atoms with E-state index >= 15 is 0 Å². The van der Waals surface area contributed by atoms with Gasteiger partial charge in [0.05, 0.1) is 7.11 Å². The highest BCUT2D eigenvalue weighted by molar-refractivity contribution is 5.88. The summed E-state index contributed by atoms with van der Waals surface area (Å²) in [4.78, 5) is 27.8. The summed E-state index contributed by atoms with van der Waals surface area (Å²) >= 11 is 0. The number of hydrogen-bond donors (Lipinski definition) is 1. The number of nitrogens with one attached hydrogen (secondary N) is 1. The monoisotopic (exact) mass is 438 g/mol. The molecular formula is C26H34N2O4. The van der Waals surface area contributed by atoms with Crippen LogP contribution in [0.4, 0.5) is 0 Å². The molecule has 2 amide bonds. The fraction of sp³-hybridized carbons (Fsp3) is 0.462. The predicted molar refractivity (Wildman–Crippen MR) is 125 cm³/mol. The van der Waals surface area contributed by atoms with E-state index in [0.29, 0.717) is 18.0 Å². The molecule has 2 aromatic rings. The van der Waals surface area contributed by atoms with E-state index in [1.165, 1.54) is 6.42 Å². The molecule has 1 atom stereocenters. The fourth-order valence-corrected chi connectivity index (χ4v) is 4.06. The predicted octanol–water partition coefficient (Wildman–Crippen LogP) is 4.25. The SMILES string of the molecule is COc1cccc(CN(C(=O)COc2ccccc2C)[C@H](C)C(=O)NC2CCCCC2)c1. The van der Waals surface area contributed by atoms with Crippen LogP contribution >= 0.6 is 0 Å². The summed E-state index contributed by atoms with van der Waals surface area (Å²) in [5.41, 5.74) is 1.86. The van der Waals surface area contributed by atoms with Gasteiger partial charge in [-0.3, -0.25) is 9.59 Å². The van der Waals surface area contributed by atoms with Crippen molar-refractivity contribution in [1.29, 1.82) is 0 Å². The van der Waals surface area contributed by atoms with E-state index in [0.717, 1.165) is 36.8 Å². The van der Waals surface area contributed by atoms with Crippen molar-refractivity contribution in [1.82, 2.24) is 10.2 Å². The molecule has 6 nitrogen and oxygen atoms in total. The van der Waals surface area contributed by atoms with Crippen molar-refractivity contribution in [2.24, 2.45) is 0 Å². The second-order valence-electron chi connectivity index (χ2n) is 8.45. The molecule has 3 rings (SSSR count).